The zero-order valence-corrected chi connectivity index (χ0v) is 18.7. The van der Waals surface area contributed by atoms with Gasteiger partial charge in [0.1, 0.15) is 0 Å². The van der Waals surface area contributed by atoms with Crippen LogP contribution in [0.15, 0.2) is 45.8 Å². The molecule has 1 heterocycles. The molecule has 7 nitrogen and oxygen atoms in total. The van der Waals surface area contributed by atoms with Crippen LogP contribution in [0.1, 0.15) is 18.1 Å². The number of hydrogen-bond acceptors (Lipinski definition) is 5. The van der Waals surface area contributed by atoms with Gasteiger partial charge in [0.05, 0.1) is 22.3 Å². The SMILES string of the molecule is Cc1ccc(NS(=O)(=O)c2ccc(N3C(=O)C(C)CS3(=O)=O)cc2C)cc1Br. The van der Waals surface area contributed by atoms with Crippen LogP contribution in [0.5, 0.6) is 0 Å². The van der Waals surface area contributed by atoms with Gasteiger partial charge in [-0.15, -0.1) is 0 Å². The number of nitrogens with zero attached hydrogens (tertiary/aromatic N) is 1. The first-order valence-electron chi connectivity index (χ1n) is 8.39. The molecule has 0 radical (unpaired) electrons. The standard InChI is InChI=1S/C18H19BrN2O5S2/c1-11-4-5-14(9-16(11)19)20-28(25,26)17-7-6-15(8-12(17)2)21-18(22)13(3)10-27(21,23)24/h4-9,13,20H,10H2,1-3H3. The Labute approximate surface area is 173 Å². The van der Waals surface area contributed by atoms with Crippen LogP contribution >= 0.6 is 15.9 Å². The topological polar surface area (TPSA) is 101 Å². The molecule has 1 fully saturated rings. The van der Waals surface area contributed by atoms with E-state index >= 15 is 0 Å². The van der Waals surface area contributed by atoms with Crippen LogP contribution in [-0.2, 0) is 24.8 Å². The normalized spacial score (nSPS) is 19.1. The number of carbonyl (C=O) groups is 1. The summed E-state index contributed by atoms with van der Waals surface area (Å²) >= 11 is 3.36. The molecule has 0 aliphatic carbocycles. The minimum Gasteiger partial charge on any atom is -0.280 e. The third-order valence-corrected chi connectivity index (χ3v) is 8.73. The molecular weight excluding hydrogens is 468 g/mol. The maximum Gasteiger partial charge on any atom is 0.262 e. The number of anilines is 2. The second-order valence-electron chi connectivity index (χ2n) is 6.80. The Hall–Kier alpha value is -1.91. The second kappa shape index (κ2) is 7.16. The fourth-order valence-corrected chi connectivity index (χ4v) is 6.48. The zero-order chi connectivity index (χ0) is 20.9. The summed E-state index contributed by atoms with van der Waals surface area (Å²) in [6.07, 6.45) is 0. The summed E-state index contributed by atoms with van der Waals surface area (Å²) in [6.45, 7) is 4.99. The minimum atomic E-state index is -3.89. The zero-order valence-electron chi connectivity index (χ0n) is 15.4. The van der Waals surface area contributed by atoms with Crippen LogP contribution < -0.4 is 9.03 Å². The average molecular weight is 487 g/mol. The van der Waals surface area contributed by atoms with Gasteiger partial charge in [-0.2, -0.15) is 0 Å². The van der Waals surface area contributed by atoms with E-state index in [4.69, 9.17) is 0 Å². The number of hydrogen-bond donors (Lipinski definition) is 1. The molecule has 10 heteroatoms. The van der Waals surface area contributed by atoms with E-state index in [1.54, 1.807) is 32.0 Å². The summed E-state index contributed by atoms with van der Waals surface area (Å²) < 4.78 is 54.1. The Balaban J connectivity index is 1.96. The number of carbonyl (C=O) groups excluding carboxylic acids is 1. The van der Waals surface area contributed by atoms with Crippen LogP contribution in [0.4, 0.5) is 11.4 Å². The maximum absolute atomic E-state index is 12.8. The second-order valence-corrected chi connectivity index (χ2v) is 11.2. The van der Waals surface area contributed by atoms with Crippen LogP contribution in [0, 0.1) is 19.8 Å². The smallest absolute Gasteiger partial charge is 0.262 e. The molecule has 150 valence electrons. The number of benzene rings is 2. The molecule has 3 rings (SSSR count). The molecule has 0 saturated carbocycles. The molecular formula is C18H19BrN2O5S2. The highest BCUT2D eigenvalue weighted by atomic mass is 79.9. The third-order valence-electron chi connectivity index (χ3n) is 4.47. The van der Waals surface area contributed by atoms with E-state index < -0.39 is 31.9 Å². The molecule has 28 heavy (non-hydrogen) atoms. The summed E-state index contributed by atoms with van der Waals surface area (Å²) in [5.41, 5.74) is 1.84. The number of halogens is 1. The molecule has 2 aromatic rings. The van der Waals surface area contributed by atoms with E-state index in [2.05, 4.69) is 20.7 Å². The van der Waals surface area contributed by atoms with Crippen molar-refractivity contribution in [2.45, 2.75) is 25.7 Å². The first-order chi connectivity index (χ1) is 12.9. The lowest BCUT2D eigenvalue weighted by molar-refractivity contribution is -0.119. The number of amides is 1. The van der Waals surface area contributed by atoms with Crippen molar-refractivity contribution in [1.82, 2.24) is 0 Å². The van der Waals surface area contributed by atoms with E-state index in [9.17, 15) is 21.6 Å². The fourth-order valence-electron chi connectivity index (χ4n) is 3.01. The summed E-state index contributed by atoms with van der Waals surface area (Å²) in [4.78, 5) is 12.2. The van der Waals surface area contributed by atoms with E-state index in [-0.39, 0.29) is 16.3 Å². The molecule has 1 atom stereocenters. The monoisotopic (exact) mass is 486 g/mol. The molecule has 0 bridgehead atoms. The highest BCUT2D eigenvalue weighted by molar-refractivity contribution is 9.10. The molecule has 0 aromatic heterocycles. The molecule has 1 saturated heterocycles. The predicted octanol–water partition coefficient (Wildman–Crippen LogP) is 3.18. The number of sulfonamides is 2. The van der Waals surface area contributed by atoms with Crippen molar-refractivity contribution in [3.05, 3.63) is 52.0 Å². The minimum absolute atomic E-state index is 0.00467. The highest BCUT2D eigenvalue weighted by Crippen LogP contribution is 2.31. The van der Waals surface area contributed by atoms with Crippen molar-refractivity contribution in [3.8, 4) is 0 Å². The van der Waals surface area contributed by atoms with Gasteiger partial charge in [0.25, 0.3) is 10.0 Å². The van der Waals surface area contributed by atoms with Gasteiger partial charge in [0, 0.05) is 10.2 Å². The Morgan fingerprint density at radius 1 is 1.11 bits per heavy atom. The number of nitrogens with one attached hydrogen (secondary N) is 1. The van der Waals surface area contributed by atoms with E-state index in [1.165, 1.54) is 18.2 Å². The molecule has 1 aliphatic rings. The molecule has 1 aliphatic heterocycles. The van der Waals surface area contributed by atoms with Crippen molar-refractivity contribution in [2.24, 2.45) is 5.92 Å². The summed E-state index contributed by atoms with van der Waals surface area (Å²) in [5.74, 6) is -1.40. The number of rotatable bonds is 4. The molecule has 1 unspecified atom stereocenters. The van der Waals surface area contributed by atoms with Gasteiger partial charge in [0.15, 0.2) is 0 Å². The Kier molecular flexibility index (Phi) is 5.32. The van der Waals surface area contributed by atoms with Gasteiger partial charge in [0.2, 0.25) is 15.9 Å². The fraction of sp³-hybridized carbons (Fsp3) is 0.278. The first-order valence-corrected chi connectivity index (χ1v) is 12.3. The highest BCUT2D eigenvalue weighted by Gasteiger charge is 2.42. The molecule has 1 N–H and O–H groups in total. The lowest BCUT2D eigenvalue weighted by atomic mass is 10.2. The number of aryl methyl sites for hydroxylation is 2. The van der Waals surface area contributed by atoms with Crippen molar-refractivity contribution in [1.29, 1.82) is 0 Å². The Morgan fingerprint density at radius 2 is 1.79 bits per heavy atom. The quantitative estimate of drug-likeness (QED) is 0.714. The average Bonchev–Trinajstić information content (AvgIpc) is 2.77. The molecule has 2 aromatic carbocycles. The molecule has 1 amide bonds. The summed E-state index contributed by atoms with van der Waals surface area (Å²) in [7, 11) is -7.64. The van der Waals surface area contributed by atoms with Gasteiger partial charge >= 0.3 is 0 Å². The van der Waals surface area contributed by atoms with Crippen LogP contribution in [0.3, 0.4) is 0 Å². The van der Waals surface area contributed by atoms with E-state index in [0.717, 1.165) is 14.3 Å². The lowest BCUT2D eigenvalue weighted by Crippen LogP contribution is -2.30. The van der Waals surface area contributed by atoms with E-state index in [1.807, 2.05) is 6.92 Å². The third kappa shape index (κ3) is 3.81. The lowest BCUT2D eigenvalue weighted by Gasteiger charge is -2.17. The largest absolute Gasteiger partial charge is 0.280 e. The van der Waals surface area contributed by atoms with Gasteiger partial charge in [-0.1, -0.05) is 28.9 Å². The van der Waals surface area contributed by atoms with Gasteiger partial charge in [-0.25, -0.2) is 21.1 Å². The van der Waals surface area contributed by atoms with Crippen molar-refractivity contribution in [3.63, 3.8) is 0 Å². The van der Waals surface area contributed by atoms with Crippen LogP contribution in [-0.4, -0.2) is 28.5 Å². The van der Waals surface area contributed by atoms with Crippen LogP contribution in [0.25, 0.3) is 0 Å². The van der Waals surface area contributed by atoms with Crippen molar-refractivity contribution in [2.75, 3.05) is 14.8 Å². The predicted molar refractivity (Wildman–Crippen MR) is 111 cm³/mol. The molecule has 0 spiro atoms. The van der Waals surface area contributed by atoms with Crippen LogP contribution in [0.2, 0.25) is 0 Å². The van der Waals surface area contributed by atoms with Gasteiger partial charge in [-0.3, -0.25) is 9.52 Å². The summed E-state index contributed by atoms with van der Waals surface area (Å²) in [5, 5.41) is 0. The van der Waals surface area contributed by atoms with E-state index in [0.29, 0.717) is 11.3 Å². The Bertz CT molecular complexity index is 1180. The Morgan fingerprint density at radius 3 is 2.32 bits per heavy atom. The van der Waals surface area contributed by atoms with Gasteiger partial charge < -0.3 is 0 Å². The first kappa shape index (κ1) is 20.8. The van der Waals surface area contributed by atoms with Crippen molar-refractivity contribution >= 4 is 53.3 Å². The van der Waals surface area contributed by atoms with Crippen molar-refractivity contribution < 1.29 is 21.6 Å². The summed E-state index contributed by atoms with van der Waals surface area (Å²) in [6, 6.07) is 9.13. The van der Waals surface area contributed by atoms with Gasteiger partial charge in [-0.05, 0) is 55.3 Å². The maximum atomic E-state index is 12.8.